The molecule has 0 N–H and O–H groups in total. The Labute approximate surface area is 116 Å². The summed E-state index contributed by atoms with van der Waals surface area (Å²) in [4.78, 5) is 11.9. The smallest absolute Gasteiger partial charge is 0.189 e. The minimum Gasteiger partial charge on any atom is -0.339 e. The Kier molecular flexibility index (Phi) is 3.99. The highest BCUT2D eigenvalue weighted by Crippen LogP contribution is 2.27. The van der Waals surface area contributed by atoms with Gasteiger partial charge >= 0.3 is 0 Å². The van der Waals surface area contributed by atoms with Crippen molar-refractivity contribution in [2.45, 2.75) is 19.9 Å². The van der Waals surface area contributed by atoms with Gasteiger partial charge in [-0.1, -0.05) is 6.92 Å². The fourth-order valence-electron chi connectivity index (χ4n) is 2.12. The molecule has 0 amide bonds. The first-order chi connectivity index (χ1) is 9.01. The number of rotatable bonds is 3. The lowest BCUT2D eigenvalue weighted by atomic mass is 10.1. The van der Waals surface area contributed by atoms with Crippen LogP contribution in [0.1, 0.15) is 12.6 Å². The molecule has 1 heterocycles. The number of halogens is 4. The predicted molar refractivity (Wildman–Crippen MR) is 71.2 cm³/mol. The quantitative estimate of drug-likeness (QED) is 0.787. The molecule has 1 aromatic carbocycles. The second-order valence-corrected chi connectivity index (χ2v) is 4.87. The molecule has 0 fully saturated rings. The van der Waals surface area contributed by atoms with Gasteiger partial charge in [0.2, 0.25) is 0 Å². The third-order valence-corrected chi connectivity index (χ3v) is 3.71. The largest absolute Gasteiger partial charge is 0.339 e. The first-order valence-electron chi connectivity index (χ1n) is 5.77. The molecule has 2 aromatic rings. The van der Waals surface area contributed by atoms with Gasteiger partial charge in [0.05, 0.1) is 21.9 Å². The van der Waals surface area contributed by atoms with Gasteiger partial charge in [-0.15, -0.1) is 0 Å². The second-order valence-electron chi connectivity index (χ2n) is 4.08. The summed E-state index contributed by atoms with van der Waals surface area (Å²) in [6, 6.07) is 2.27. The molecular formula is C13H11BrF3NO. The van der Waals surface area contributed by atoms with Crippen molar-refractivity contribution in [2.75, 3.05) is 6.67 Å². The molecule has 0 spiro atoms. The van der Waals surface area contributed by atoms with Crippen molar-refractivity contribution in [1.82, 2.24) is 4.57 Å². The van der Waals surface area contributed by atoms with Crippen LogP contribution in [0.5, 0.6) is 0 Å². The molecule has 0 radical (unpaired) electrons. The van der Waals surface area contributed by atoms with Crippen LogP contribution in [0.3, 0.4) is 0 Å². The van der Waals surface area contributed by atoms with Crippen molar-refractivity contribution in [1.29, 1.82) is 0 Å². The Morgan fingerprint density at radius 1 is 1.32 bits per heavy atom. The van der Waals surface area contributed by atoms with E-state index in [-0.39, 0.29) is 21.9 Å². The third-order valence-electron chi connectivity index (χ3n) is 2.99. The Morgan fingerprint density at radius 2 is 2.00 bits per heavy atom. The van der Waals surface area contributed by atoms with Crippen LogP contribution >= 0.6 is 15.9 Å². The van der Waals surface area contributed by atoms with E-state index >= 15 is 0 Å². The topological polar surface area (TPSA) is 22.0 Å². The molecule has 2 nitrogen and oxygen atoms in total. The molecule has 0 aliphatic heterocycles. The summed E-state index contributed by atoms with van der Waals surface area (Å²) >= 11 is 2.80. The first-order valence-corrected chi connectivity index (χ1v) is 6.56. The van der Waals surface area contributed by atoms with Crippen molar-refractivity contribution in [3.8, 4) is 0 Å². The zero-order chi connectivity index (χ0) is 14.2. The summed E-state index contributed by atoms with van der Waals surface area (Å²) in [5.41, 5.74) is -0.00455. The maximum Gasteiger partial charge on any atom is 0.189 e. The van der Waals surface area contributed by atoms with Gasteiger partial charge in [-0.3, -0.25) is 4.79 Å². The summed E-state index contributed by atoms with van der Waals surface area (Å²) in [6.07, 6.45) is 0.458. The van der Waals surface area contributed by atoms with Crippen LogP contribution in [0.2, 0.25) is 0 Å². The number of fused-ring (bicyclic) bond motifs is 1. The highest BCUT2D eigenvalue weighted by Gasteiger charge is 2.18. The highest BCUT2D eigenvalue weighted by atomic mass is 79.9. The van der Waals surface area contributed by atoms with Gasteiger partial charge in [0, 0.05) is 11.8 Å². The Balaban J connectivity index is 2.99. The van der Waals surface area contributed by atoms with Crippen molar-refractivity contribution in [3.63, 3.8) is 0 Å². The number of hydrogen-bond acceptors (Lipinski definition) is 1. The fourth-order valence-corrected chi connectivity index (χ4v) is 2.42. The zero-order valence-corrected chi connectivity index (χ0v) is 11.7. The van der Waals surface area contributed by atoms with Crippen LogP contribution in [0.25, 0.3) is 10.9 Å². The molecule has 0 bridgehead atoms. The minimum absolute atomic E-state index is 0.0599. The van der Waals surface area contributed by atoms with E-state index in [2.05, 4.69) is 15.9 Å². The summed E-state index contributed by atoms with van der Waals surface area (Å²) in [7, 11) is 0. The minimum atomic E-state index is -0.879. The van der Waals surface area contributed by atoms with E-state index in [1.54, 1.807) is 6.92 Å². The molecule has 1 aromatic heterocycles. The van der Waals surface area contributed by atoms with E-state index in [0.717, 1.165) is 6.07 Å². The molecular weight excluding hydrogens is 323 g/mol. The molecule has 0 aliphatic carbocycles. The lowest BCUT2D eigenvalue weighted by Crippen LogP contribution is -2.16. The van der Waals surface area contributed by atoms with Gasteiger partial charge < -0.3 is 4.57 Å². The van der Waals surface area contributed by atoms with Crippen LogP contribution in [-0.2, 0) is 13.0 Å². The number of benzene rings is 1. The van der Waals surface area contributed by atoms with E-state index in [1.165, 1.54) is 10.6 Å². The average Bonchev–Trinajstić information content (AvgIpc) is 2.39. The number of hydrogen-bond donors (Lipinski definition) is 0. The molecule has 0 aliphatic rings. The molecule has 0 saturated heterocycles. The summed E-state index contributed by atoms with van der Waals surface area (Å²) in [5.74, 6) is -1.73. The Bertz CT molecular complexity index is 697. The third kappa shape index (κ3) is 2.29. The normalized spacial score (nSPS) is 11.2. The van der Waals surface area contributed by atoms with Crippen molar-refractivity contribution in [2.24, 2.45) is 0 Å². The van der Waals surface area contributed by atoms with Gasteiger partial charge in [0.25, 0.3) is 0 Å². The lowest BCUT2D eigenvalue weighted by molar-refractivity contribution is 0.442. The monoisotopic (exact) mass is 333 g/mol. The second kappa shape index (κ2) is 5.36. The van der Waals surface area contributed by atoms with E-state index in [0.29, 0.717) is 12.1 Å². The highest BCUT2D eigenvalue weighted by molar-refractivity contribution is 9.10. The fraction of sp³-hybridized carbons (Fsp3) is 0.308. The molecule has 6 heteroatoms. The number of pyridine rings is 1. The Morgan fingerprint density at radius 3 is 2.58 bits per heavy atom. The van der Waals surface area contributed by atoms with Crippen molar-refractivity contribution >= 4 is 26.8 Å². The Hall–Kier alpha value is -1.30. The maximum atomic E-state index is 14.2. The lowest BCUT2D eigenvalue weighted by Gasteiger charge is -2.16. The van der Waals surface area contributed by atoms with Crippen LogP contribution in [0.15, 0.2) is 21.4 Å². The van der Waals surface area contributed by atoms with Crippen LogP contribution in [0, 0.1) is 11.6 Å². The van der Waals surface area contributed by atoms with E-state index in [9.17, 15) is 18.0 Å². The van der Waals surface area contributed by atoms with E-state index < -0.39 is 23.7 Å². The SMILES string of the molecule is CCc1cc(=O)c2cc(F)c(Br)c(F)c2n1CCF. The molecule has 0 saturated carbocycles. The molecule has 0 unspecified atom stereocenters. The number of aryl methyl sites for hydroxylation is 2. The standard InChI is InChI=1S/C13H11BrF3NO/c1-2-7-5-10(19)8-6-9(16)11(14)12(17)13(8)18(7)4-3-15/h5-6H,2-4H2,1H3. The van der Waals surface area contributed by atoms with Crippen LogP contribution < -0.4 is 5.43 Å². The van der Waals surface area contributed by atoms with Gasteiger partial charge in [-0.05, 0) is 28.4 Å². The van der Waals surface area contributed by atoms with E-state index in [4.69, 9.17) is 0 Å². The molecule has 2 rings (SSSR count). The average molecular weight is 334 g/mol. The zero-order valence-electron chi connectivity index (χ0n) is 10.1. The summed E-state index contributed by atoms with van der Waals surface area (Å²) in [5, 5.41) is -0.0798. The van der Waals surface area contributed by atoms with Gasteiger partial charge in [-0.25, -0.2) is 13.2 Å². The molecule has 0 atom stereocenters. The first kappa shape index (κ1) is 14.1. The maximum absolute atomic E-state index is 14.2. The van der Waals surface area contributed by atoms with Crippen molar-refractivity contribution in [3.05, 3.63) is 44.2 Å². The van der Waals surface area contributed by atoms with Gasteiger partial charge in [0.15, 0.2) is 11.2 Å². The molecule has 102 valence electrons. The number of nitrogens with zero attached hydrogens (tertiary/aromatic N) is 1. The van der Waals surface area contributed by atoms with Gasteiger partial charge in [-0.2, -0.15) is 0 Å². The summed E-state index contributed by atoms with van der Waals surface area (Å²) < 4.78 is 41.3. The van der Waals surface area contributed by atoms with Crippen LogP contribution in [0.4, 0.5) is 13.2 Å². The summed E-state index contributed by atoms with van der Waals surface area (Å²) in [6.45, 7) is 1.01. The predicted octanol–water partition coefficient (Wildman–Crippen LogP) is 3.57. The van der Waals surface area contributed by atoms with Crippen molar-refractivity contribution < 1.29 is 13.2 Å². The number of aromatic nitrogens is 1. The van der Waals surface area contributed by atoms with E-state index in [1.807, 2.05) is 0 Å². The molecule has 19 heavy (non-hydrogen) atoms. The van der Waals surface area contributed by atoms with Crippen LogP contribution in [-0.4, -0.2) is 11.2 Å². The number of alkyl halides is 1. The van der Waals surface area contributed by atoms with Gasteiger partial charge in [0.1, 0.15) is 12.5 Å².